The average Bonchev–Trinajstić information content (AvgIpc) is 2.79. The number of aromatic nitrogens is 1. The summed E-state index contributed by atoms with van der Waals surface area (Å²) in [7, 11) is 0. The summed E-state index contributed by atoms with van der Waals surface area (Å²) >= 11 is 4.60. The first-order chi connectivity index (χ1) is 8.47. The highest BCUT2D eigenvalue weighted by Crippen LogP contribution is 2.33. The summed E-state index contributed by atoms with van der Waals surface area (Å²) in [6, 6.07) is 3.51. The van der Waals surface area contributed by atoms with Crippen molar-refractivity contribution in [3.8, 4) is 0 Å². The Morgan fingerprint density at radius 3 is 2.67 bits per heavy atom. The van der Waals surface area contributed by atoms with Gasteiger partial charge in [0.25, 0.3) is 0 Å². The topological polar surface area (TPSA) is 24.9 Å². The third kappa shape index (κ3) is 3.23. The number of alkyl halides is 3. The van der Waals surface area contributed by atoms with Crippen LogP contribution in [0.2, 0.25) is 0 Å². The Bertz CT molecular complexity index is 526. The van der Waals surface area contributed by atoms with Crippen LogP contribution in [-0.4, -0.2) is 4.98 Å². The fraction of sp³-hybridized carbons (Fsp3) is 0.182. The maximum absolute atomic E-state index is 12.5. The number of halogens is 4. The van der Waals surface area contributed by atoms with Gasteiger partial charge in [0.05, 0.1) is 23.3 Å². The van der Waals surface area contributed by atoms with Gasteiger partial charge in [-0.1, -0.05) is 0 Å². The molecule has 0 unspecified atom stereocenters. The van der Waals surface area contributed by atoms with E-state index in [0.29, 0.717) is 16.7 Å². The molecule has 0 saturated heterocycles. The molecule has 1 heterocycles. The van der Waals surface area contributed by atoms with E-state index in [4.69, 9.17) is 0 Å². The number of benzene rings is 1. The number of rotatable bonds is 3. The molecule has 0 aliphatic rings. The SMILES string of the molecule is FC(F)(F)c1ccc(NCc2cscn2)c(Br)c1. The van der Waals surface area contributed by atoms with E-state index < -0.39 is 11.7 Å². The van der Waals surface area contributed by atoms with E-state index >= 15 is 0 Å². The minimum Gasteiger partial charge on any atom is -0.378 e. The van der Waals surface area contributed by atoms with Gasteiger partial charge in [-0.25, -0.2) is 4.98 Å². The molecule has 2 nitrogen and oxygen atoms in total. The van der Waals surface area contributed by atoms with Crippen LogP contribution in [0.15, 0.2) is 33.6 Å². The normalized spacial score (nSPS) is 11.6. The van der Waals surface area contributed by atoms with Gasteiger partial charge < -0.3 is 5.32 Å². The Labute approximate surface area is 114 Å². The average molecular weight is 337 g/mol. The van der Waals surface area contributed by atoms with Gasteiger partial charge in [0, 0.05) is 15.5 Å². The molecule has 1 aromatic carbocycles. The Hall–Kier alpha value is -1.08. The first-order valence-electron chi connectivity index (χ1n) is 4.94. The third-order valence-electron chi connectivity index (χ3n) is 2.24. The molecule has 7 heteroatoms. The van der Waals surface area contributed by atoms with Crippen LogP contribution in [0.4, 0.5) is 18.9 Å². The van der Waals surface area contributed by atoms with E-state index in [0.717, 1.165) is 17.8 Å². The third-order valence-corrected chi connectivity index (χ3v) is 3.53. The maximum Gasteiger partial charge on any atom is 0.416 e. The van der Waals surface area contributed by atoms with Crippen LogP contribution in [0.25, 0.3) is 0 Å². The van der Waals surface area contributed by atoms with E-state index in [1.54, 1.807) is 5.51 Å². The number of hydrogen-bond acceptors (Lipinski definition) is 3. The molecule has 0 fully saturated rings. The second-order valence-corrected chi connectivity index (χ2v) is 5.10. The minimum atomic E-state index is -4.32. The van der Waals surface area contributed by atoms with Gasteiger partial charge in [0.15, 0.2) is 0 Å². The second kappa shape index (κ2) is 5.27. The Morgan fingerprint density at radius 1 is 1.33 bits per heavy atom. The lowest BCUT2D eigenvalue weighted by atomic mass is 10.2. The molecular formula is C11H8BrF3N2S. The van der Waals surface area contributed by atoms with Gasteiger partial charge in [-0.3, -0.25) is 0 Å². The fourth-order valence-corrected chi connectivity index (χ4v) is 2.42. The molecule has 0 saturated carbocycles. The molecular weight excluding hydrogens is 329 g/mol. The molecule has 0 aliphatic heterocycles. The van der Waals surface area contributed by atoms with Crippen molar-refractivity contribution in [1.82, 2.24) is 4.98 Å². The van der Waals surface area contributed by atoms with Crippen LogP contribution in [0.3, 0.4) is 0 Å². The van der Waals surface area contributed by atoms with E-state index in [2.05, 4.69) is 26.2 Å². The Morgan fingerprint density at radius 2 is 2.11 bits per heavy atom. The fourth-order valence-electron chi connectivity index (χ4n) is 1.35. The van der Waals surface area contributed by atoms with Crippen molar-refractivity contribution >= 4 is 33.0 Å². The molecule has 2 aromatic rings. The molecule has 2 rings (SSSR count). The first-order valence-corrected chi connectivity index (χ1v) is 6.68. The standard InChI is InChI=1S/C11H8BrF3N2S/c12-9-3-7(11(13,14)15)1-2-10(9)16-4-8-5-18-6-17-8/h1-3,5-6,16H,4H2. The van der Waals surface area contributed by atoms with Gasteiger partial charge in [0.2, 0.25) is 0 Å². The van der Waals surface area contributed by atoms with Gasteiger partial charge >= 0.3 is 6.18 Å². The zero-order chi connectivity index (χ0) is 13.2. The van der Waals surface area contributed by atoms with E-state index in [1.165, 1.54) is 17.4 Å². The van der Waals surface area contributed by atoms with E-state index in [1.807, 2.05) is 5.38 Å². The summed E-state index contributed by atoms with van der Waals surface area (Å²) < 4.78 is 37.8. The molecule has 1 aromatic heterocycles. The minimum absolute atomic E-state index is 0.382. The van der Waals surface area contributed by atoms with Crippen molar-refractivity contribution in [1.29, 1.82) is 0 Å². The molecule has 0 radical (unpaired) electrons. The number of anilines is 1. The lowest BCUT2D eigenvalue weighted by molar-refractivity contribution is -0.137. The highest BCUT2D eigenvalue weighted by Gasteiger charge is 2.30. The second-order valence-electron chi connectivity index (χ2n) is 3.53. The van der Waals surface area contributed by atoms with Crippen molar-refractivity contribution < 1.29 is 13.2 Å². The van der Waals surface area contributed by atoms with Crippen LogP contribution >= 0.6 is 27.3 Å². The van der Waals surface area contributed by atoms with Gasteiger partial charge in [-0.2, -0.15) is 13.2 Å². The lowest BCUT2D eigenvalue weighted by Crippen LogP contribution is -2.06. The van der Waals surface area contributed by atoms with Crippen LogP contribution in [0, 0.1) is 0 Å². The summed E-state index contributed by atoms with van der Waals surface area (Å²) in [5.74, 6) is 0. The van der Waals surface area contributed by atoms with Crippen molar-refractivity contribution in [3.63, 3.8) is 0 Å². The van der Waals surface area contributed by atoms with Gasteiger partial charge in [-0.15, -0.1) is 11.3 Å². The molecule has 0 atom stereocenters. The molecule has 96 valence electrons. The predicted molar refractivity (Wildman–Crippen MR) is 68.6 cm³/mol. The van der Waals surface area contributed by atoms with E-state index in [9.17, 15) is 13.2 Å². The first kappa shape index (κ1) is 13.4. The van der Waals surface area contributed by atoms with Gasteiger partial charge in [0.1, 0.15) is 0 Å². The summed E-state index contributed by atoms with van der Waals surface area (Å²) in [6.07, 6.45) is -4.32. The quantitative estimate of drug-likeness (QED) is 0.890. The summed E-state index contributed by atoms with van der Waals surface area (Å²) in [5.41, 5.74) is 2.50. The maximum atomic E-state index is 12.5. The largest absolute Gasteiger partial charge is 0.416 e. The highest BCUT2D eigenvalue weighted by molar-refractivity contribution is 9.10. The summed E-state index contributed by atoms with van der Waals surface area (Å²) in [6.45, 7) is 0.480. The van der Waals surface area contributed by atoms with Gasteiger partial charge in [-0.05, 0) is 34.1 Å². The van der Waals surface area contributed by atoms with Crippen molar-refractivity contribution in [2.75, 3.05) is 5.32 Å². The molecule has 0 bridgehead atoms. The van der Waals surface area contributed by atoms with Crippen molar-refractivity contribution in [2.24, 2.45) is 0 Å². The van der Waals surface area contributed by atoms with Crippen LogP contribution < -0.4 is 5.32 Å². The van der Waals surface area contributed by atoms with Crippen LogP contribution in [0.1, 0.15) is 11.3 Å². The number of nitrogens with zero attached hydrogens (tertiary/aromatic N) is 1. The van der Waals surface area contributed by atoms with Crippen molar-refractivity contribution in [3.05, 3.63) is 44.8 Å². The number of nitrogens with one attached hydrogen (secondary N) is 1. The Kier molecular flexibility index (Phi) is 3.91. The molecule has 0 amide bonds. The smallest absolute Gasteiger partial charge is 0.378 e. The summed E-state index contributed by atoms with van der Waals surface area (Å²) in [5, 5.41) is 4.90. The number of thiazole rings is 1. The monoisotopic (exact) mass is 336 g/mol. The van der Waals surface area contributed by atoms with Crippen molar-refractivity contribution in [2.45, 2.75) is 12.7 Å². The Balaban J connectivity index is 2.10. The molecule has 0 aliphatic carbocycles. The predicted octanol–water partition coefficient (Wildman–Crippen LogP) is 4.54. The zero-order valence-electron chi connectivity index (χ0n) is 8.96. The zero-order valence-corrected chi connectivity index (χ0v) is 11.4. The molecule has 1 N–H and O–H groups in total. The lowest BCUT2D eigenvalue weighted by Gasteiger charge is -2.11. The van der Waals surface area contributed by atoms with Crippen LogP contribution in [0.5, 0.6) is 0 Å². The highest BCUT2D eigenvalue weighted by atomic mass is 79.9. The molecule has 0 spiro atoms. The van der Waals surface area contributed by atoms with E-state index in [-0.39, 0.29) is 0 Å². The van der Waals surface area contributed by atoms with Crippen LogP contribution in [-0.2, 0) is 12.7 Å². The number of hydrogen-bond donors (Lipinski definition) is 1. The summed E-state index contributed by atoms with van der Waals surface area (Å²) in [4.78, 5) is 4.08. The molecule has 18 heavy (non-hydrogen) atoms.